The van der Waals surface area contributed by atoms with Gasteiger partial charge in [0.15, 0.2) is 15.0 Å². The molecule has 3 aromatic rings. The lowest BCUT2D eigenvalue weighted by Crippen LogP contribution is -2.37. The molecule has 0 aliphatic rings. The van der Waals surface area contributed by atoms with Crippen molar-refractivity contribution in [3.05, 3.63) is 53.1 Å². The van der Waals surface area contributed by atoms with Gasteiger partial charge in [-0.2, -0.15) is 0 Å². The number of nitrogens with zero attached hydrogens (tertiary/aromatic N) is 3. The summed E-state index contributed by atoms with van der Waals surface area (Å²) in [7, 11) is 0.445. The number of anilines is 1. The highest BCUT2D eigenvalue weighted by Gasteiger charge is 2.22. The topological polar surface area (TPSA) is 70.6 Å². The van der Waals surface area contributed by atoms with Crippen LogP contribution in [-0.4, -0.2) is 57.6 Å². The number of carbonyl (C=O) groups is 1. The van der Waals surface area contributed by atoms with Gasteiger partial charge in [0, 0.05) is 24.4 Å². The zero-order valence-electron chi connectivity index (χ0n) is 16.4. The number of hydrogen-bond acceptors (Lipinski definition) is 6. The zero-order chi connectivity index (χ0) is 21.2. The van der Waals surface area contributed by atoms with Crippen molar-refractivity contribution >= 4 is 54.0 Å². The van der Waals surface area contributed by atoms with Crippen molar-refractivity contribution in [3.63, 3.8) is 0 Å². The van der Waals surface area contributed by atoms with Crippen LogP contribution in [0.3, 0.4) is 0 Å². The van der Waals surface area contributed by atoms with Gasteiger partial charge in [0.2, 0.25) is 5.91 Å². The van der Waals surface area contributed by atoms with Crippen molar-refractivity contribution in [1.29, 1.82) is 0 Å². The van der Waals surface area contributed by atoms with Crippen LogP contribution in [0, 0.1) is 0 Å². The number of sulfone groups is 1. The Kier molecular flexibility index (Phi) is 6.58. The Hall–Kier alpha value is -2.00. The minimum Gasteiger partial charge on any atom is -0.308 e. The quantitative estimate of drug-likeness (QED) is 0.550. The van der Waals surface area contributed by atoms with Crippen LogP contribution in [0.25, 0.3) is 10.2 Å². The fourth-order valence-electron chi connectivity index (χ4n) is 2.83. The molecule has 0 bridgehead atoms. The van der Waals surface area contributed by atoms with E-state index < -0.39 is 9.84 Å². The monoisotopic (exact) mass is 451 g/mol. The number of rotatable bonds is 7. The van der Waals surface area contributed by atoms with E-state index in [1.165, 1.54) is 11.3 Å². The zero-order valence-corrected chi connectivity index (χ0v) is 18.8. The average Bonchev–Trinajstić information content (AvgIpc) is 3.06. The molecule has 2 aromatic carbocycles. The molecule has 0 N–H and O–H groups in total. The van der Waals surface area contributed by atoms with Crippen LogP contribution in [0.5, 0.6) is 0 Å². The van der Waals surface area contributed by atoms with Gasteiger partial charge in [0.25, 0.3) is 0 Å². The van der Waals surface area contributed by atoms with Crippen LogP contribution < -0.4 is 4.90 Å². The predicted molar refractivity (Wildman–Crippen MR) is 119 cm³/mol. The third-order valence-corrected chi connectivity index (χ3v) is 6.77. The van der Waals surface area contributed by atoms with E-state index in [-0.39, 0.29) is 17.2 Å². The molecular formula is C20H22ClN3O3S2. The lowest BCUT2D eigenvalue weighted by Gasteiger charge is -2.22. The average molecular weight is 452 g/mol. The first kappa shape index (κ1) is 21.7. The molecule has 0 spiro atoms. The SMILES string of the molecule is CN(C)CCN(C(=O)Cc1ccc(Cl)cc1)c1nc2c(S(C)(=O)=O)cccc2s1. The molecule has 0 atom stereocenters. The normalized spacial score (nSPS) is 11.9. The number of hydrogen-bond donors (Lipinski definition) is 0. The second-order valence-corrected chi connectivity index (χ2v) is 10.5. The standard InChI is InChI=1S/C20H22ClN3O3S2/c1-23(2)11-12-24(18(25)13-14-7-9-15(21)10-8-14)20-22-19-16(28-20)5-4-6-17(19)29(3,26)27/h4-10H,11-13H2,1-3H3. The number of halogens is 1. The number of thiazole rings is 1. The highest BCUT2D eigenvalue weighted by molar-refractivity contribution is 7.91. The molecule has 3 rings (SSSR count). The number of aromatic nitrogens is 1. The number of benzene rings is 2. The van der Waals surface area contributed by atoms with Gasteiger partial charge in [-0.25, -0.2) is 13.4 Å². The molecule has 0 aliphatic heterocycles. The Morgan fingerprint density at radius 1 is 1.10 bits per heavy atom. The molecule has 0 fully saturated rings. The van der Waals surface area contributed by atoms with E-state index in [1.54, 1.807) is 29.2 Å². The molecule has 0 unspecified atom stereocenters. The van der Waals surface area contributed by atoms with Crippen LogP contribution in [0.15, 0.2) is 47.4 Å². The summed E-state index contributed by atoms with van der Waals surface area (Å²) in [5, 5.41) is 1.11. The maximum atomic E-state index is 13.1. The minimum absolute atomic E-state index is 0.103. The molecule has 9 heteroatoms. The van der Waals surface area contributed by atoms with Crippen molar-refractivity contribution in [1.82, 2.24) is 9.88 Å². The number of likely N-dealkylation sites (N-methyl/N-ethyl adjacent to an activating group) is 1. The summed E-state index contributed by atoms with van der Waals surface area (Å²) in [6.07, 6.45) is 1.37. The molecule has 0 aliphatic carbocycles. The van der Waals surface area contributed by atoms with Gasteiger partial charge in [0.1, 0.15) is 5.52 Å². The van der Waals surface area contributed by atoms with Crippen molar-refractivity contribution in [2.45, 2.75) is 11.3 Å². The van der Waals surface area contributed by atoms with Crippen LogP contribution >= 0.6 is 22.9 Å². The molecule has 1 heterocycles. The number of fused-ring (bicyclic) bond motifs is 1. The van der Waals surface area contributed by atoms with Gasteiger partial charge in [0.05, 0.1) is 16.0 Å². The fourth-order valence-corrected chi connectivity index (χ4v) is 4.88. The van der Waals surface area contributed by atoms with Gasteiger partial charge in [-0.3, -0.25) is 9.69 Å². The van der Waals surface area contributed by atoms with E-state index in [0.29, 0.717) is 28.8 Å². The summed E-state index contributed by atoms with van der Waals surface area (Å²) < 4.78 is 25.0. The van der Waals surface area contributed by atoms with E-state index in [1.807, 2.05) is 37.2 Å². The van der Waals surface area contributed by atoms with Gasteiger partial charge in [-0.1, -0.05) is 41.1 Å². The van der Waals surface area contributed by atoms with Gasteiger partial charge in [-0.15, -0.1) is 0 Å². The van der Waals surface area contributed by atoms with E-state index in [0.717, 1.165) is 16.5 Å². The van der Waals surface area contributed by atoms with Gasteiger partial charge in [-0.05, 0) is 43.9 Å². The lowest BCUT2D eigenvalue weighted by molar-refractivity contribution is -0.118. The predicted octanol–water partition coefficient (Wildman–Crippen LogP) is 3.49. The molecule has 0 saturated heterocycles. The fraction of sp³-hybridized carbons (Fsp3) is 0.300. The summed E-state index contributed by atoms with van der Waals surface area (Å²) in [4.78, 5) is 21.4. The first-order valence-electron chi connectivity index (χ1n) is 8.94. The van der Waals surface area contributed by atoms with Crippen molar-refractivity contribution < 1.29 is 13.2 Å². The maximum Gasteiger partial charge on any atom is 0.233 e. The Morgan fingerprint density at radius 3 is 2.41 bits per heavy atom. The largest absolute Gasteiger partial charge is 0.308 e. The Bertz CT molecular complexity index is 1130. The second-order valence-electron chi connectivity index (χ2n) is 7.02. The van der Waals surface area contributed by atoms with Crippen molar-refractivity contribution in [2.24, 2.45) is 0 Å². The number of carbonyl (C=O) groups excluding carboxylic acids is 1. The third kappa shape index (κ3) is 5.33. The highest BCUT2D eigenvalue weighted by Crippen LogP contribution is 2.33. The Morgan fingerprint density at radius 2 is 1.79 bits per heavy atom. The maximum absolute atomic E-state index is 13.1. The molecule has 1 aromatic heterocycles. The van der Waals surface area contributed by atoms with Gasteiger partial charge < -0.3 is 4.90 Å². The van der Waals surface area contributed by atoms with Crippen LogP contribution in [-0.2, 0) is 21.1 Å². The van der Waals surface area contributed by atoms with Crippen molar-refractivity contribution in [2.75, 3.05) is 38.3 Å². The lowest BCUT2D eigenvalue weighted by atomic mass is 10.1. The smallest absolute Gasteiger partial charge is 0.233 e. The second kappa shape index (κ2) is 8.79. The van der Waals surface area contributed by atoms with Crippen LogP contribution in [0.4, 0.5) is 5.13 Å². The first-order valence-corrected chi connectivity index (χ1v) is 12.0. The summed E-state index contributed by atoms with van der Waals surface area (Å²) >= 11 is 7.25. The highest BCUT2D eigenvalue weighted by atomic mass is 35.5. The first-order chi connectivity index (χ1) is 13.6. The number of para-hydroxylation sites is 1. The Balaban J connectivity index is 1.97. The Labute approximate surface area is 179 Å². The van der Waals surface area contributed by atoms with Crippen LogP contribution in [0.2, 0.25) is 5.02 Å². The van der Waals surface area contributed by atoms with Crippen molar-refractivity contribution in [3.8, 4) is 0 Å². The molecule has 0 saturated carbocycles. The number of amides is 1. The van der Waals surface area contributed by atoms with E-state index >= 15 is 0 Å². The van der Waals surface area contributed by atoms with E-state index in [4.69, 9.17) is 11.6 Å². The summed E-state index contributed by atoms with van der Waals surface area (Å²) in [5.41, 5.74) is 1.26. The van der Waals surface area contributed by atoms with Crippen LogP contribution in [0.1, 0.15) is 5.56 Å². The third-order valence-electron chi connectivity index (χ3n) is 4.34. The summed E-state index contributed by atoms with van der Waals surface area (Å²) in [6.45, 7) is 1.11. The van der Waals surface area contributed by atoms with Gasteiger partial charge >= 0.3 is 0 Å². The molecule has 29 heavy (non-hydrogen) atoms. The molecular weight excluding hydrogens is 430 g/mol. The molecule has 154 valence electrons. The summed E-state index contributed by atoms with van der Waals surface area (Å²) in [6, 6.07) is 12.2. The molecule has 6 nitrogen and oxygen atoms in total. The molecule has 1 amide bonds. The van der Waals surface area contributed by atoms with E-state index in [9.17, 15) is 13.2 Å². The van der Waals surface area contributed by atoms with E-state index in [2.05, 4.69) is 4.98 Å². The summed E-state index contributed by atoms with van der Waals surface area (Å²) in [5.74, 6) is -0.103. The molecule has 0 radical (unpaired) electrons. The minimum atomic E-state index is -3.42.